The summed E-state index contributed by atoms with van der Waals surface area (Å²) < 4.78 is 22.9. The molecule has 0 aromatic carbocycles. The molecule has 0 fully saturated rings. The molecule has 68 valence electrons. The van der Waals surface area contributed by atoms with Crippen molar-refractivity contribution in [1.82, 2.24) is 0 Å². The average Bonchev–Trinajstić information content (AvgIpc) is 1.82. The second-order valence-corrected chi connectivity index (χ2v) is 1.98. The van der Waals surface area contributed by atoms with Crippen molar-refractivity contribution in [1.29, 1.82) is 0 Å². The SMILES string of the molecule is Cl.NC(=O)[C@H](N)CCC(F)F. The van der Waals surface area contributed by atoms with Crippen LogP contribution in [0.3, 0.4) is 0 Å². The molecule has 0 aliphatic rings. The highest BCUT2D eigenvalue weighted by Gasteiger charge is 2.11. The number of halogens is 3. The zero-order chi connectivity index (χ0) is 8.15. The normalized spacial score (nSPS) is 12.4. The van der Waals surface area contributed by atoms with E-state index in [9.17, 15) is 13.6 Å². The summed E-state index contributed by atoms with van der Waals surface area (Å²) in [5.74, 6) is -0.736. The lowest BCUT2D eigenvalue weighted by Crippen LogP contribution is -2.36. The Hall–Kier alpha value is -0.420. The first-order valence-electron chi connectivity index (χ1n) is 2.87. The number of carbonyl (C=O) groups excluding carboxylic acids is 1. The van der Waals surface area contributed by atoms with Crippen molar-refractivity contribution in [3.05, 3.63) is 0 Å². The van der Waals surface area contributed by atoms with Gasteiger partial charge in [-0.1, -0.05) is 0 Å². The van der Waals surface area contributed by atoms with Crippen LogP contribution in [0.5, 0.6) is 0 Å². The molecule has 0 radical (unpaired) electrons. The zero-order valence-corrected chi connectivity index (χ0v) is 6.61. The minimum Gasteiger partial charge on any atom is -0.368 e. The van der Waals surface area contributed by atoms with E-state index in [2.05, 4.69) is 0 Å². The first kappa shape index (κ1) is 13.2. The van der Waals surface area contributed by atoms with E-state index in [0.29, 0.717) is 0 Å². The summed E-state index contributed by atoms with van der Waals surface area (Å²) in [7, 11) is 0. The maximum absolute atomic E-state index is 11.5. The molecule has 0 bridgehead atoms. The smallest absolute Gasteiger partial charge is 0.238 e. The predicted octanol–water partition coefficient (Wildman–Crippen LogP) is 0.266. The molecule has 0 heterocycles. The Morgan fingerprint density at radius 3 is 2.09 bits per heavy atom. The van der Waals surface area contributed by atoms with Crippen LogP contribution in [0.25, 0.3) is 0 Å². The van der Waals surface area contributed by atoms with Gasteiger partial charge in [-0.3, -0.25) is 4.79 Å². The van der Waals surface area contributed by atoms with E-state index in [1.807, 2.05) is 0 Å². The number of hydrogen-bond acceptors (Lipinski definition) is 2. The van der Waals surface area contributed by atoms with Crippen molar-refractivity contribution in [3.8, 4) is 0 Å². The molecule has 3 nitrogen and oxygen atoms in total. The lowest BCUT2D eigenvalue weighted by Gasteiger charge is -2.04. The van der Waals surface area contributed by atoms with Gasteiger partial charge in [0, 0.05) is 6.42 Å². The van der Waals surface area contributed by atoms with E-state index in [0.717, 1.165) is 0 Å². The van der Waals surface area contributed by atoms with Crippen LogP contribution < -0.4 is 11.5 Å². The highest BCUT2D eigenvalue weighted by Crippen LogP contribution is 2.03. The number of primary amides is 1. The van der Waals surface area contributed by atoms with Crippen molar-refractivity contribution in [2.24, 2.45) is 11.5 Å². The van der Waals surface area contributed by atoms with E-state index in [4.69, 9.17) is 11.5 Å². The Morgan fingerprint density at radius 1 is 1.36 bits per heavy atom. The molecular formula is C5H11ClF2N2O. The fourth-order valence-electron chi connectivity index (χ4n) is 0.448. The number of rotatable bonds is 4. The Bertz CT molecular complexity index is 123. The topological polar surface area (TPSA) is 69.1 Å². The molecule has 0 saturated heterocycles. The second-order valence-electron chi connectivity index (χ2n) is 1.98. The number of alkyl halides is 2. The van der Waals surface area contributed by atoms with Crippen LogP contribution >= 0.6 is 12.4 Å². The maximum atomic E-state index is 11.5. The fourth-order valence-corrected chi connectivity index (χ4v) is 0.448. The van der Waals surface area contributed by atoms with Crippen LogP contribution in [-0.4, -0.2) is 18.4 Å². The van der Waals surface area contributed by atoms with Crippen LogP contribution in [0.15, 0.2) is 0 Å². The van der Waals surface area contributed by atoms with Gasteiger partial charge in [0.05, 0.1) is 6.04 Å². The van der Waals surface area contributed by atoms with Crippen molar-refractivity contribution in [2.45, 2.75) is 25.3 Å². The third-order valence-electron chi connectivity index (χ3n) is 1.06. The van der Waals surface area contributed by atoms with Crippen molar-refractivity contribution in [2.75, 3.05) is 0 Å². The van der Waals surface area contributed by atoms with Gasteiger partial charge in [0.15, 0.2) is 0 Å². The first-order chi connectivity index (χ1) is 4.54. The molecular weight excluding hydrogens is 178 g/mol. The Kier molecular flexibility index (Phi) is 7.55. The second kappa shape index (κ2) is 6.30. The van der Waals surface area contributed by atoms with Gasteiger partial charge < -0.3 is 11.5 Å². The largest absolute Gasteiger partial charge is 0.368 e. The Balaban J connectivity index is 0. The molecule has 1 atom stereocenters. The Morgan fingerprint density at radius 2 is 1.82 bits per heavy atom. The van der Waals surface area contributed by atoms with Crippen molar-refractivity contribution in [3.63, 3.8) is 0 Å². The van der Waals surface area contributed by atoms with E-state index >= 15 is 0 Å². The zero-order valence-electron chi connectivity index (χ0n) is 5.80. The van der Waals surface area contributed by atoms with E-state index in [1.165, 1.54) is 0 Å². The molecule has 6 heteroatoms. The van der Waals surface area contributed by atoms with Gasteiger partial charge in [0.25, 0.3) is 0 Å². The highest BCUT2D eigenvalue weighted by molar-refractivity contribution is 5.85. The minimum atomic E-state index is -2.41. The molecule has 4 N–H and O–H groups in total. The fraction of sp³-hybridized carbons (Fsp3) is 0.800. The molecule has 0 aromatic rings. The Labute approximate surface area is 69.5 Å². The number of amides is 1. The molecule has 0 aliphatic heterocycles. The third kappa shape index (κ3) is 7.48. The van der Waals surface area contributed by atoms with Crippen molar-refractivity contribution >= 4 is 18.3 Å². The predicted molar refractivity (Wildman–Crippen MR) is 39.7 cm³/mol. The van der Waals surface area contributed by atoms with Gasteiger partial charge in [-0.25, -0.2) is 8.78 Å². The monoisotopic (exact) mass is 188 g/mol. The van der Waals surface area contributed by atoms with Crippen LogP contribution in [0, 0.1) is 0 Å². The lowest BCUT2D eigenvalue weighted by molar-refractivity contribution is -0.119. The average molecular weight is 189 g/mol. The summed E-state index contributed by atoms with van der Waals surface area (Å²) in [4.78, 5) is 10.2. The molecule has 1 amide bonds. The standard InChI is InChI=1S/C5H10F2N2O.ClH/c6-4(7)2-1-3(8)5(9)10;/h3-4H,1-2,8H2,(H2,9,10);1H/t3-;/m1./s1. The summed E-state index contributed by atoms with van der Waals surface area (Å²) in [5, 5.41) is 0. The van der Waals surface area contributed by atoms with Gasteiger partial charge >= 0.3 is 0 Å². The van der Waals surface area contributed by atoms with Gasteiger partial charge in [-0.2, -0.15) is 0 Å². The highest BCUT2D eigenvalue weighted by atomic mass is 35.5. The summed E-state index contributed by atoms with van der Waals surface area (Å²) >= 11 is 0. The van der Waals surface area contributed by atoms with Crippen LogP contribution in [-0.2, 0) is 4.79 Å². The maximum Gasteiger partial charge on any atom is 0.238 e. The number of nitrogens with two attached hydrogens (primary N) is 2. The van der Waals surface area contributed by atoms with Gasteiger partial charge in [-0.05, 0) is 6.42 Å². The van der Waals surface area contributed by atoms with Crippen LogP contribution in [0.2, 0.25) is 0 Å². The van der Waals surface area contributed by atoms with Crippen LogP contribution in [0.4, 0.5) is 8.78 Å². The van der Waals surface area contributed by atoms with Gasteiger partial charge in [-0.15, -0.1) is 12.4 Å². The van der Waals surface area contributed by atoms with E-state index < -0.39 is 18.4 Å². The molecule has 0 unspecified atom stereocenters. The molecule has 0 rings (SSSR count). The quantitative estimate of drug-likeness (QED) is 0.665. The summed E-state index contributed by atoms with van der Waals surface area (Å²) in [6, 6.07) is -0.936. The van der Waals surface area contributed by atoms with Gasteiger partial charge in [0.1, 0.15) is 0 Å². The summed E-state index contributed by atoms with van der Waals surface area (Å²) in [5.41, 5.74) is 9.77. The molecule has 0 aromatic heterocycles. The van der Waals surface area contributed by atoms with Crippen molar-refractivity contribution < 1.29 is 13.6 Å². The van der Waals surface area contributed by atoms with Crippen LogP contribution in [0.1, 0.15) is 12.8 Å². The van der Waals surface area contributed by atoms with E-state index in [1.54, 1.807) is 0 Å². The third-order valence-corrected chi connectivity index (χ3v) is 1.06. The minimum absolute atomic E-state index is 0. The molecule has 0 saturated carbocycles. The van der Waals surface area contributed by atoms with E-state index in [-0.39, 0.29) is 25.2 Å². The first-order valence-corrected chi connectivity index (χ1v) is 2.87. The molecule has 11 heavy (non-hydrogen) atoms. The summed E-state index contributed by atoms with van der Waals surface area (Å²) in [6.07, 6.45) is -2.83. The van der Waals surface area contributed by atoms with Gasteiger partial charge in [0.2, 0.25) is 12.3 Å². The molecule has 0 aliphatic carbocycles. The molecule has 0 spiro atoms. The lowest BCUT2D eigenvalue weighted by atomic mass is 10.2. The number of carbonyl (C=O) groups is 1. The number of hydrogen-bond donors (Lipinski definition) is 2. The summed E-state index contributed by atoms with van der Waals surface area (Å²) in [6.45, 7) is 0.